The van der Waals surface area contributed by atoms with Gasteiger partial charge in [-0.2, -0.15) is 0 Å². The number of phenolic OH excluding ortho intramolecular Hbond substituents is 1. The number of fused-ring (bicyclic) bond motifs is 1. The van der Waals surface area contributed by atoms with Gasteiger partial charge in [-0.05, 0) is 46.7 Å². The molecule has 0 saturated heterocycles. The van der Waals surface area contributed by atoms with Crippen LogP contribution in [0.3, 0.4) is 0 Å². The molecule has 0 amide bonds. The van der Waals surface area contributed by atoms with E-state index in [0.717, 1.165) is 14.5 Å². The smallest absolute Gasteiger partial charge is 0.141 e. The minimum atomic E-state index is 0.226. The average molecular weight is 361 g/mol. The normalized spacial score (nSPS) is 10.8. The van der Waals surface area contributed by atoms with Crippen LogP contribution in [0.1, 0.15) is 5.56 Å². The lowest BCUT2D eigenvalue weighted by Crippen LogP contribution is -1.91. The summed E-state index contributed by atoms with van der Waals surface area (Å²) in [5, 5.41) is 10.9. The Bertz CT molecular complexity index is 768. The van der Waals surface area contributed by atoms with Crippen LogP contribution < -0.4 is 0 Å². The summed E-state index contributed by atoms with van der Waals surface area (Å²) in [6, 6.07) is 13.8. The topological polar surface area (TPSA) is 33.1 Å². The van der Waals surface area contributed by atoms with Crippen LogP contribution in [-0.2, 0) is 0 Å². The lowest BCUT2D eigenvalue weighted by atomic mass is 9.97. The summed E-state index contributed by atoms with van der Waals surface area (Å²) in [7, 11) is 0. The van der Waals surface area contributed by atoms with E-state index in [-0.39, 0.29) is 5.75 Å². The Kier molecular flexibility index (Phi) is 3.14. The Morgan fingerprint density at radius 2 is 1.84 bits per heavy atom. The molecule has 0 saturated carbocycles. The monoisotopic (exact) mass is 361 g/mol. The summed E-state index contributed by atoms with van der Waals surface area (Å²) in [6.45, 7) is 2.10. The van der Waals surface area contributed by atoms with E-state index in [9.17, 15) is 5.11 Å². The van der Waals surface area contributed by atoms with Gasteiger partial charge in [0.1, 0.15) is 11.3 Å². The van der Waals surface area contributed by atoms with Crippen molar-refractivity contribution < 1.29 is 5.11 Å². The first-order valence-corrected chi connectivity index (χ1v) is 7.08. The molecule has 1 aromatic heterocycles. The van der Waals surface area contributed by atoms with Crippen molar-refractivity contribution in [2.24, 2.45) is 0 Å². The maximum atomic E-state index is 9.94. The highest BCUT2D eigenvalue weighted by molar-refractivity contribution is 14.1. The molecule has 0 aliphatic carbocycles. The molecule has 3 aromatic rings. The van der Waals surface area contributed by atoms with Crippen LogP contribution in [0.25, 0.3) is 22.0 Å². The standard InChI is InChI=1S/C16H12INO/c1-10-5-2-3-6-11(10)15-12-7-4-8-14(19)16(12)18-9-13(15)17/h2-9,19H,1H3. The molecule has 94 valence electrons. The quantitative estimate of drug-likeness (QED) is 0.647. The summed E-state index contributed by atoms with van der Waals surface area (Å²) in [4.78, 5) is 4.34. The number of phenols is 1. The van der Waals surface area contributed by atoms with Crippen LogP contribution in [0.2, 0.25) is 0 Å². The van der Waals surface area contributed by atoms with Gasteiger partial charge in [-0.25, -0.2) is 0 Å². The van der Waals surface area contributed by atoms with Crippen molar-refractivity contribution >= 4 is 33.5 Å². The summed E-state index contributed by atoms with van der Waals surface area (Å²) in [5.74, 6) is 0.226. The largest absolute Gasteiger partial charge is 0.506 e. The molecule has 1 heterocycles. The maximum absolute atomic E-state index is 9.94. The Morgan fingerprint density at radius 3 is 2.63 bits per heavy atom. The molecule has 0 fully saturated rings. The fraction of sp³-hybridized carbons (Fsp3) is 0.0625. The molecule has 0 aliphatic heterocycles. The number of aryl methyl sites for hydroxylation is 1. The van der Waals surface area contributed by atoms with Gasteiger partial charge in [-0.3, -0.25) is 4.98 Å². The highest BCUT2D eigenvalue weighted by Gasteiger charge is 2.12. The highest BCUT2D eigenvalue weighted by atomic mass is 127. The Balaban J connectivity index is 2.44. The van der Waals surface area contributed by atoms with Crippen LogP contribution >= 0.6 is 22.6 Å². The molecule has 0 aliphatic rings. The molecular formula is C16H12INO. The second-order valence-electron chi connectivity index (χ2n) is 4.47. The van der Waals surface area contributed by atoms with E-state index >= 15 is 0 Å². The summed E-state index contributed by atoms with van der Waals surface area (Å²) in [5.41, 5.74) is 4.20. The predicted octanol–water partition coefficient (Wildman–Crippen LogP) is 4.52. The molecule has 2 aromatic carbocycles. The number of halogens is 1. The summed E-state index contributed by atoms with van der Waals surface area (Å²) in [6.07, 6.45) is 1.81. The molecule has 2 nitrogen and oxygen atoms in total. The third-order valence-electron chi connectivity index (χ3n) is 3.24. The number of hydrogen-bond acceptors (Lipinski definition) is 2. The molecule has 0 atom stereocenters. The highest BCUT2D eigenvalue weighted by Crippen LogP contribution is 2.36. The van der Waals surface area contributed by atoms with Gasteiger partial charge in [0.05, 0.1) is 0 Å². The van der Waals surface area contributed by atoms with Crippen LogP contribution in [0.5, 0.6) is 5.75 Å². The van der Waals surface area contributed by atoms with E-state index in [1.165, 1.54) is 11.1 Å². The minimum Gasteiger partial charge on any atom is -0.506 e. The first-order valence-electron chi connectivity index (χ1n) is 6.00. The SMILES string of the molecule is Cc1ccccc1-c1c(I)cnc2c(O)cccc12. The second kappa shape index (κ2) is 4.81. The van der Waals surface area contributed by atoms with Crippen molar-refractivity contribution in [1.29, 1.82) is 0 Å². The maximum Gasteiger partial charge on any atom is 0.141 e. The van der Waals surface area contributed by atoms with E-state index in [4.69, 9.17) is 0 Å². The number of pyridine rings is 1. The zero-order valence-corrected chi connectivity index (χ0v) is 12.5. The lowest BCUT2D eigenvalue weighted by molar-refractivity contribution is 0.480. The zero-order valence-electron chi connectivity index (χ0n) is 10.4. The number of para-hydroxylation sites is 1. The molecule has 3 rings (SSSR count). The number of rotatable bonds is 1. The Morgan fingerprint density at radius 1 is 1.05 bits per heavy atom. The van der Waals surface area contributed by atoms with Gasteiger partial charge in [0.2, 0.25) is 0 Å². The van der Waals surface area contributed by atoms with Crippen molar-refractivity contribution in [3.05, 3.63) is 57.8 Å². The van der Waals surface area contributed by atoms with E-state index < -0.39 is 0 Å². The number of hydrogen-bond donors (Lipinski definition) is 1. The Labute approximate surface area is 125 Å². The fourth-order valence-corrected chi connectivity index (χ4v) is 3.03. The average Bonchev–Trinajstić information content (AvgIpc) is 2.40. The first kappa shape index (κ1) is 12.4. The van der Waals surface area contributed by atoms with Crippen molar-refractivity contribution in [2.45, 2.75) is 6.92 Å². The van der Waals surface area contributed by atoms with Gasteiger partial charge >= 0.3 is 0 Å². The molecule has 19 heavy (non-hydrogen) atoms. The van der Waals surface area contributed by atoms with Crippen molar-refractivity contribution in [1.82, 2.24) is 4.98 Å². The van der Waals surface area contributed by atoms with E-state index in [1.54, 1.807) is 6.07 Å². The van der Waals surface area contributed by atoms with Gasteiger partial charge < -0.3 is 5.11 Å². The van der Waals surface area contributed by atoms with Gasteiger partial charge in [0.25, 0.3) is 0 Å². The van der Waals surface area contributed by atoms with Crippen LogP contribution in [-0.4, -0.2) is 10.1 Å². The summed E-state index contributed by atoms with van der Waals surface area (Å²) < 4.78 is 1.09. The second-order valence-corrected chi connectivity index (χ2v) is 5.63. The molecular weight excluding hydrogens is 349 g/mol. The van der Waals surface area contributed by atoms with Crippen LogP contribution in [0.4, 0.5) is 0 Å². The number of aromatic nitrogens is 1. The first-order chi connectivity index (χ1) is 9.18. The molecule has 3 heteroatoms. The van der Waals surface area contributed by atoms with Crippen molar-refractivity contribution in [2.75, 3.05) is 0 Å². The van der Waals surface area contributed by atoms with E-state index in [2.05, 4.69) is 46.6 Å². The van der Waals surface area contributed by atoms with Crippen LogP contribution in [0.15, 0.2) is 48.7 Å². The number of benzene rings is 2. The fourth-order valence-electron chi connectivity index (χ4n) is 2.31. The van der Waals surface area contributed by atoms with Gasteiger partial charge in [-0.1, -0.05) is 36.4 Å². The third-order valence-corrected chi connectivity index (χ3v) is 4.06. The van der Waals surface area contributed by atoms with Gasteiger partial charge in [-0.15, -0.1) is 0 Å². The van der Waals surface area contributed by atoms with Gasteiger partial charge in [0.15, 0.2) is 0 Å². The zero-order chi connectivity index (χ0) is 13.4. The molecule has 0 spiro atoms. The van der Waals surface area contributed by atoms with Crippen LogP contribution in [0, 0.1) is 10.5 Å². The molecule has 1 N–H and O–H groups in total. The lowest BCUT2D eigenvalue weighted by Gasteiger charge is -2.12. The van der Waals surface area contributed by atoms with Gasteiger partial charge in [0, 0.05) is 20.7 Å². The van der Waals surface area contributed by atoms with E-state index in [0.29, 0.717) is 5.52 Å². The number of aromatic hydroxyl groups is 1. The van der Waals surface area contributed by atoms with E-state index in [1.807, 2.05) is 30.5 Å². The third kappa shape index (κ3) is 2.08. The van der Waals surface area contributed by atoms with Crippen molar-refractivity contribution in [3.8, 4) is 16.9 Å². The predicted molar refractivity (Wildman–Crippen MR) is 86.3 cm³/mol. The molecule has 0 radical (unpaired) electrons. The molecule has 0 bridgehead atoms. The molecule has 0 unspecified atom stereocenters. The minimum absolute atomic E-state index is 0.226. The number of nitrogens with zero attached hydrogens (tertiary/aromatic N) is 1. The summed E-state index contributed by atoms with van der Waals surface area (Å²) >= 11 is 2.30. The Hall–Kier alpha value is -1.62. The van der Waals surface area contributed by atoms with Crippen molar-refractivity contribution in [3.63, 3.8) is 0 Å².